The molecule has 1 rings (SSSR count). The van der Waals surface area contributed by atoms with Crippen LogP contribution in [0.3, 0.4) is 0 Å². The van der Waals surface area contributed by atoms with Crippen LogP contribution in [0.15, 0.2) is 0 Å². The molecule has 106 valence electrons. The maximum absolute atomic E-state index is 12.2. The zero-order chi connectivity index (χ0) is 14.3. The van der Waals surface area contributed by atoms with Gasteiger partial charge in [-0.05, 0) is 24.9 Å². The fourth-order valence-electron chi connectivity index (χ4n) is 1.54. The number of aromatic nitrogens is 2. The van der Waals surface area contributed by atoms with Crippen LogP contribution in [0.1, 0.15) is 42.1 Å². The van der Waals surface area contributed by atoms with Crippen LogP contribution in [0, 0.1) is 0 Å². The molecule has 0 aliphatic carbocycles. The van der Waals surface area contributed by atoms with Crippen molar-refractivity contribution in [2.75, 3.05) is 20.2 Å². The van der Waals surface area contributed by atoms with Gasteiger partial charge < -0.3 is 9.64 Å². The Morgan fingerprint density at radius 2 is 2.11 bits per heavy atom. The standard InChI is InChI=1S/C12H19N3O3S/c1-4-6-9-11(19-14-13-9)12(17)15(3)8-7-10(16)18-5-2/h4-8H2,1-3H3. The van der Waals surface area contributed by atoms with E-state index in [-0.39, 0.29) is 18.3 Å². The van der Waals surface area contributed by atoms with Crippen molar-refractivity contribution >= 4 is 23.4 Å². The van der Waals surface area contributed by atoms with Crippen LogP contribution < -0.4 is 0 Å². The third-order valence-corrected chi connectivity index (χ3v) is 3.30. The molecule has 0 aromatic carbocycles. The van der Waals surface area contributed by atoms with Crippen molar-refractivity contribution in [3.05, 3.63) is 10.6 Å². The molecule has 1 aromatic rings. The molecule has 0 N–H and O–H groups in total. The molecule has 1 amide bonds. The number of ether oxygens (including phenoxy) is 1. The van der Waals surface area contributed by atoms with E-state index in [1.807, 2.05) is 6.92 Å². The lowest BCUT2D eigenvalue weighted by molar-refractivity contribution is -0.143. The van der Waals surface area contributed by atoms with Crippen LogP contribution in [-0.4, -0.2) is 46.6 Å². The highest BCUT2D eigenvalue weighted by molar-refractivity contribution is 7.07. The van der Waals surface area contributed by atoms with Gasteiger partial charge in [-0.3, -0.25) is 9.59 Å². The van der Waals surface area contributed by atoms with Gasteiger partial charge in [0.05, 0.1) is 18.7 Å². The highest BCUT2D eigenvalue weighted by Crippen LogP contribution is 2.15. The fraction of sp³-hybridized carbons (Fsp3) is 0.667. The molecular weight excluding hydrogens is 266 g/mol. The second kappa shape index (κ2) is 7.83. The van der Waals surface area contributed by atoms with Gasteiger partial charge in [-0.2, -0.15) is 0 Å². The SMILES string of the molecule is CCCc1nnsc1C(=O)N(C)CCC(=O)OCC. The zero-order valence-corrected chi connectivity index (χ0v) is 12.3. The minimum Gasteiger partial charge on any atom is -0.466 e. The van der Waals surface area contributed by atoms with E-state index in [9.17, 15) is 9.59 Å². The van der Waals surface area contributed by atoms with E-state index in [0.717, 1.165) is 30.1 Å². The molecule has 0 bridgehead atoms. The molecule has 1 heterocycles. The minimum absolute atomic E-state index is 0.136. The van der Waals surface area contributed by atoms with E-state index >= 15 is 0 Å². The lowest BCUT2D eigenvalue weighted by Crippen LogP contribution is -2.29. The summed E-state index contributed by atoms with van der Waals surface area (Å²) in [6.07, 6.45) is 1.85. The molecule has 19 heavy (non-hydrogen) atoms. The lowest BCUT2D eigenvalue weighted by Gasteiger charge is -2.15. The Morgan fingerprint density at radius 3 is 2.74 bits per heavy atom. The molecule has 0 saturated heterocycles. The maximum Gasteiger partial charge on any atom is 0.307 e. The quantitative estimate of drug-likeness (QED) is 0.710. The van der Waals surface area contributed by atoms with Gasteiger partial charge in [0.15, 0.2) is 0 Å². The predicted molar refractivity (Wildman–Crippen MR) is 72.1 cm³/mol. The summed E-state index contributed by atoms with van der Waals surface area (Å²) in [4.78, 5) is 25.5. The topological polar surface area (TPSA) is 72.4 Å². The van der Waals surface area contributed by atoms with Crippen LogP contribution >= 0.6 is 11.5 Å². The maximum atomic E-state index is 12.2. The average molecular weight is 285 g/mol. The summed E-state index contributed by atoms with van der Waals surface area (Å²) < 4.78 is 8.65. The number of hydrogen-bond donors (Lipinski definition) is 0. The number of rotatable bonds is 7. The van der Waals surface area contributed by atoms with Gasteiger partial charge >= 0.3 is 5.97 Å². The second-order valence-electron chi connectivity index (χ2n) is 4.08. The van der Waals surface area contributed by atoms with E-state index < -0.39 is 0 Å². The lowest BCUT2D eigenvalue weighted by atomic mass is 10.2. The Balaban J connectivity index is 2.56. The van der Waals surface area contributed by atoms with E-state index in [1.165, 1.54) is 4.90 Å². The Bertz CT molecular complexity index is 434. The molecule has 0 atom stereocenters. The number of amides is 1. The zero-order valence-electron chi connectivity index (χ0n) is 11.5. The van der Waals surface area contributed by atoms with Gasteiger partial charge in [-0.15, -0.1) is 5.10 Å². The first-order chi connectivity index (χ1) is 9.10. The molecule has 0 aliphatic heterocycles. The summed E-state index contributed by atoms with van der Waals surface area (Å²) >= 11 is 1.10. The summed E-state index contributed by atoms with van der Waals surface area (Å²) in [6.45, 7) is 4.47. The molecule has 0 radical (unpaired) electrons. The van der Waals surface area contributed by atoms with Crippen LogP contribution in [0.2, 0.25) is 0 Å². The van der Waals surface area contributed by atoms with E-state index in [1.54, 1.807) is 14.0 Å². The van der Waals surface area contributed by atoms with Crippen molar-refractivity contribution in [1.29, 1.82) is 0 Å². The summed E-state index contributed by atoms with van der Waals surface area (Å²) in [5, 5.41) is 3.96. The monoisotopic (exact) mass is 285 g/mol. The molecular formula is C12H19N3O3S. The molecule has 7 heteroatoms. The Kier molecular flexibility index (Phi) is 6.41. The summed E-state index contributed by atoms with van der Waals surface area (Å²) in [5.74, 6) is -0.430. The summed E-state index contributed by atoms with van der Waals surface area (Å²) in [5.41, 5.74) is 0.737. The highest BCUT2D eigenvalue weighted by atomic mass is 32.1. The smallest absolute Gasteiger partial charge is 0.307 e. The molecule has 0 fully saturated rings. The highest BCUT2D eigenvalue weighted by Gasteiger charge is 2.20. The number of nitrogens with zero attached hydrogens (tertiary/aromatic N) is 3. The van der Waals surface area contributed by atoms with E-state index in [0.29, 0.717) is 18.0 Å². The minimum atomic E-state index is -0.293. The van der Waals surface area contributed by atoms with Gasteiger partial charge in [-0.1, -0.05) is 17.8 Å². The fourth-order valence-corrected chi connectivity index (χ4v) is 2.24. The first-order valence-electron chi connectivity index (χ1n) is 6.32. The number of carbonyl (C=O) groups excluding carboxylic acids is 2. The van der Waals surface area contributed by atoms with Crippen molar-refractivity contribution in [2.24, 2.45) is 0 Å². The first kappa shape index (κ1) is 15.6. The number of hydrogen-bond acceptors (Lipinski definition) is 6. The van der Waals surface area contributed by atoms with Crippen LogP contribution in [0.5, 0.6) is 0 Å². The normalized spacial score (nSPS) is 10.3. The van der Waals surface area contributed by atoms with Crippen molar-refractivity contribution in [3.8, 4) is 0 Å². The third kappa shape index (κ3) is 4.59. The Morgan fingerprint density at radius 1 is 1.37 bits per heavy atom. The Labute approximate surface area is 116 Å². The van der Waals surface area contributed by atoms with E-state index in [2.05, 4.69) is 9.59 Å². The van der Waals surface area contributed by atoms with Gasteiger partial charge in [0.2, 0.25) is 0 Å². The summed E-state index contributed by atoms with van der Waals surface area (Å²) in [7, 11) is 1.66. The largest absolute Gasteiger partial charge is 0.466 e. The molecule has 1 aromatic heterocycles. The van der Waals surface area contributed by atoms with E-state index in [4.69, 9.17) is 4.74 Å². The van der Waals surface area contributed by atoms with Crippen molar-refractivity contribution in [1.82, 2.24) is 14.5 Å². The van der Waals surface area contributed by atoms with Crippen molar-refractivity contribution in [2.45, 2.75) is 33.1 Å². The number of aryl methyl sites for hydroxylation is 1. The number of esters is 1. The van der Waals surface area contributed by atoms with Crippen molar-refractivity contribution in [3.63, 3.8) is 0 Å². The molecule has 6 nitrogen and oxygen atoms in total. The van der Waals surface area contributed by atoms with Gasteiger partial charge in [0.1, 0.15) is 4.88 Å². The second-order valence-corrected chi connectivity index (χ2v) is 4.83. The van der Waals surface area contributed by atoms with Gasteiger partial charge in [0.25, 0.3) is 5.91 Å². The Hall–Kier alpha value is -1.50. The summed E-state index contributed by atoms with van der Waals surface area (Å²) in [6, 6.07) is 0. The first-order valence-corrected chi connectivity index (χ1v) is 7.09. The molecule has 0 aliphatic rings. The number of carbonyl (C=O) groups is 2. The van der Waals surface area contributed by atoms with Gasteiger partial charge in [0, 0.05) is 13.6 Å². The predicted octanol–water partition coefficient (Wildman–Crippen LogP) is 1.52. The molecule has 0 saturated carbocycles. The average Bonchev–Trinajstić information content (AvgIpc) is 2.84. The van der Waals surface area contributed by atoms with Crippen molar-refractivity contribution < 1.29 is 14.3 Å². The molecule has 0 spiro atoms. The third-order valence-electron chi connectivity index (χ3n) is 2.54. The molecule has 0 unspecified atom stereocenters. The van der Waals surface area contributed by atoms with Gasteiger partial charge in [-0.25, -0.2) is 0 Å². The van der Waals surface area contributed by atoms with Crippen LogP contribution in [0.4, 0.5) is 0 Å². The van der Waals surface area contributed by atoms with Crippen LogP contribution in [-0.2, 0) is 16.0 Å². The van der Waals surface area contributed by atoms with Crippen LogP contribution in [0.25, 0.3) is 0 Å².